The van der Waals surface area contributed by atoms with Crippen molar-refractivity contribution in [1.82, 2.24) is 4.90 Å². The second-order valence-electron chi connectivity index (χ2n) is 4.53. The summed E-state index contributed by atoms with van der Waals surface area (Å²) in [7, 11) is 2.81. The van der Waals surface area contributed by atoms with Gasteiger partial charge >= 0.3 is 11.9 Å². The van der Waals surface area contributed by atoms with Crippen molar-refractivity contribution in [2.24, 2.45) is 0 Å². The zero-order chi connectivity index (χ0) is 13.8. The normalized spacial score (nSPS) is 27.3. The summed E-state index contributed by atoms with van der Waals surface area (Å²) in [6.07, 6.45) is 1.65. The Morgan fingerprint density at radius 1 is 1.21 bits per heavy atom. The fourth-order valence-electron chi connectivity index (χ4n) is 2.48. The molecule has 0 aromatic heterocycles. The van der Waals surface area contributed by atoms with Crippen LogP contribution in [0.15, 0.2) is 0 Å². The predicted molar refractivity (Wildman–Crippen MR) is 76.0 cm³/mol. The summed E-state index contributed by atoms with van der Waals surface area (Å²) in [5.74, 6) is 1.72. The Hall–Kier alpha value is -0.400. The lowest BCUT2D eigenvalue weighted by Gasteiger charge is -2.28. The fourth-order valence-corrected chi connectivity index (χ4v) is 5.85. The van der Waals surface area contributed by atoms with Crippen LogP contribution >= 0.6 is 23.5 Å². The number of hydrogen-bond donors (Lipinski definition) is 0. The molecule has 7 heteroatoms. The molecule has 0 aromatic carbocycles. The molecule has 3 atom stereocenters. The molecule has 3 unspecified atom stereocenters. The van der Waals surface area contributed by atoms with Gasteiger partial charge in [0.25, 0.3) is 0 Å². The molecule has 2 bridgehead atoms. The van der Waals surface area contributed by atoms with Crippen molar-refractivity contribution in [1.29, 1.82) is 0 Å². The van der Waals surface area contributed by atoms with Gasteiger partial charge in [0.2, 0.25) is 0 Å². The van der Waals surface area contributed by atoms with Gasteiger partial charge in [0.05, 0.1) is 25.0 Å². The van der Waals surface area contributed by atoms with Crippen molar-refractivity contribution >= 4 is 35.5 Å². The molecular weight excluding hydrogens is 286 g/mol. The number of carbonyl (C=O) groups excluding carboxylic acids is 2. The van der Waals surface area contributed by atoms with E-state index in [0.29, 0.717) is 30.0 Å². The smallest absolute Gasteiger partial charge is 0.323 e. The van der Waals surface area contributed by atoms with Gasteiger partial charge in [0.1, 0.15) is 6.04 Å². The topological polar surface area (TPSA) is 55.8 Å². The van der Waals surface area contributed by atoms with Gasteiger partial charge in [-0.15, -0.1) is 23.5 Å². The van der Waals surface area contributed by atoms with Gasteiger partial charge in [0, 0.05) is 17.9 Å². The Balaban J connectivity index is 1.93. The number of fused-ring (bicyclic) bond motifs is 2. The van der Waals surface area contributed by atoms with Crippen molar-refractivity contribution in [2.45, 2.75) is 36.1 Å². The summed E-state index contributed by atoms with van der Waals surface area (Å²) in [4.78, 5) is 25.4. The first kappa shape index (κ1) is 15.0. The molecule has 2 saturated heterocycles. The van der Waals surface area contributed by atoms with E-state index in [2.05, 4.69) is 9.64 Å². The second kappa shape index (κ2) is 6.85. The lowest BCUT2D eigenvalue weighted by atomic mass is 10.1. The largest absolute Gasteiger partial charge is 0.469 e. The fraction of sp³-hybridized carbons (Fsp3) is 0.833. The van der Waals surface area contributed by atoms with Crippen LogP contribution in [-0.4, -0.2) is 59.4 Å². The number of nitrogens with zero attached hydrogens (tertiary/aromatic N) is 1. The lowest BCUT2D eigenvalue weighted by Crippen LogP contribution is -2.44. The summed E-state index contributed by atoms with van der Waals surface area (Å²) in [6.45, 7) is 0. The molecular formula is C12H19NO4S2. The number of ether oxygens (including phenoxy) is 2. The third-order valence-corrected chi connectivity index (χ3v) is 6.47. The maximum absolute atomic E-state index is 12.0. The van der Waals surface area contributed by atoms with Gasteiger partial charge < -0.3 is 9.47 Å². The van der Waals surface area contributed by atoms with E-state index in [4.69, 9.17) is 4.74 Å². The van der Waals surface area contributed by atoms with E-state index in [1.807, 2.05) is 23.5 Å². The molecule has 2 rings (SSSR count). The molecule has 0 N–H and O–H groups in total. The molecule has 2 aliphatic heterocycles. The van der Waals surface area contributed by atoms with E-state index < -0.39 is 0 Å². The number of methoxy groups -OCH3 is 2. The van der Waals surface area contributed by atoms with Crippen molar-refractivity contribution < 1.29 is 19.1 Å². The van der Waals surface area contributed by atoms with Gasteiger partial charge in [-0.1, -0.05) is 0 Å². The first-order valence-electron chi connectivity index (χ1n) is 6.32. The van der Waals surface area contributed by atoms with Gasteiger partial charge in [-0.25, -0.2) is 0 Å². The van der Waals surface area contributed by atoms with Crippen LogP contribution in [0.3, 0.4) is 0 Å². The van der Waals surface area contributed by atoms with Crippen LogP contribution in [0.2, 0.25) is 0 Å². The van der Waals surface area contributed by atoms with E-state index in [1.54, 1.807) is 0 Å². The molecule has 5 nitrogen and oxygen atoms in total. The van der Waals surface area contributed by atoms with Crippen LogP contribution in [0.1, 0.15) is 19.3 Å². The van der Waals surface area contributed by atoms with Crippen molar-refractivity contribution in [3.8, 4) is 0 Å². The van der Waals surface area contributed by atoms with E-state index in [0.717, 1.165) is 11.5 Å². The second-order valence-corrected chi connectivity index (χ2v) is 6.95. The minimum absolute atomic E-state index is 0.190. The Bertz CT molecular complexity index is 333. The monoisotopic (exact) mass is 305 g/mol. The van der Waals surface area contributed by atoms with Crippen molar-refractivity contribution in [3.05, 3.63) is 0 Å². The Morgan fingerprint density at radius 2 is 1.84 bits per heavy atom. The number of esters is 2. The molecule has 0 aliphatic carbocycles. The van der Waals surface area contributed by atoms with Crippen LogP contribution < -0.4 is 0 Å². The Kier molecular flexibility index (Phi) is 5.41. The highest BCUT2D eigenvalue weighted by Gasteiger charge is 2.46. The molecule has 19 heavy (non-hydrogen) atoms. The highest BCUT2D eigenvalue weighted by atomic mass is 32.2. The number of thioether (sulfide) groups is 2. The van der Waals surface area contributed by atoms with Crippen molar-refractivity contribution in [2.75, 3.05) is 25.7 Å². The Morgan fingerprint density at radius 3 is 2.32 bits per heavy atom. The third-order valence-electron chi connectivity index (χ3n) is 3.45. The lowest BCUT2D eigenvalue weighted by molar-refractivity contribution is -0.148. The molecule has 108 valence electrons. The molecule has 2 aliphatic rings. The van der Waals surface area contributed by atoms with Gasteiger partial charge in [-0.2, -0.15) is 0 Å². The first-order valence-corrected chi connectivity index (χ1v) is 8.42. The molecule has 2 fully saturated rings. The zero-order valence-electron chi connectivity index (χ0n) is 11.2. The van der Waals surface area contributed by atoms with Crippen LogP contribution in [0, 0.1) is 0 Å². The van der Waals surface area contributed by atoms with Gasteiger partial charge in [-0.05, 0) is 12.8 Å². The Labute approximate surface area is 121 Å². The van der Waals surface area contributed by atoms with E-state index >= 15 is 0 Å². The van der Waals surface area contributed by atoms with E-state index in [-0.39, 0.29) is 18.0 Å². The number of rotatable bonds is 6. The average Bonchev–Trinajstić information content (AvgIpc) is 3.02. The molecule has 0 aromatic rings. The SMILES string of the molecule is COC(=O)CCCC(C(=O)OC)N1C2CSC1CS2. The zero-order valence-corrected chi connectivity index (χ0v) is 12.8. The predicted octanol–water partition coefficient (Wildman–Crippen LogP) is 1.32. The number of carbonyl (C=O) groups is 2. The van der Waals surface area contributed by atoms with Gasteiger partial charge in [0.15, 0.2) is 0 Å². The minimum Gasteiger partial charge on any atom is -0.469 e. The molecule has 0 saturated carbocycles. The average molecular weight is 305 g/mol. The maximum atomic E-state index is 12.0. The maximum Gasteiger partial charge on any atom is 0.323 e. The van der Waals surface area contributed by atoms with Crippen LogP contribution in [0.25, 0.3) is 0 Å². The molecule has 0 radical (unpaired) electrons. The highest BCUT2D eigenvalue weighted by Crippen LogP contribution is 2.45. The first-order chi connectivity index (χ1) is 9.17. The quantitative estimate of drug-likeness (QED) is 0.686. The standard InChI is InChI=1S/C12H19NO4S2/c1-16-11(14)5-3-4-8(12(15)17-2)13-9-6-18-10(13)7-19-9/h8-10H,3-7H2,1-2H3. The van der Waals surface area contributed by atoms with E-state index in [1.165, 1.54) is 14.2 Å². The summed E-state index contributed by atoms with van der Waals surface area (Å²) in [5.41, 5.74) is 0. The highest BCUT2D eigenvalue weighted by molar-refractivity contribution is 8.07. The van der Waals surface area contributed by atoms with Crippen LogP contribution in [0.4, 0.5) is 0 Å². The van der Waals surface area contributed by atoms with Crippen LogP contribution in [-0.2, 0) is 19.1 Å². The van der Waals surface area contributed by atoms with Crippen molar-refractivity contribution in [3.63, 3.8) is 0 Å². The summed E-state index contributed by atoms with van der Waals surface area (Å²) in [6, 6.07) is -0.227. The summed E-state index contributed by atoms with van der Waals surface area (Å²) < 4.78 is 9.54. The summed E-state index contributed by atoms with van der Waals surface area (Å²) in [5, 5.41) is 0.828. The van der Waals surface area contributed by atoms with E-state index in [9.17, 15) is 9.59 Å². The van der Waals surface area contributed by atoms with Gasteiger partial charge in [-0.3, -0.25) is 14.5 Å². The van der Waals surface area contributed by atoms with Crippen LogP contribution in [0.5, 0.6) is 0 Å². The molecule has 0 spiro atoms. The third kappa shape index (κ3) is 3.38. The number of hydrogen-bond acceptors (Lipinski definition) is 7. The summed E-state index contributed by atoms with van der Waals surface area (Å²) >= 11 is 3.81. The minimum atomic E-state index is -0.227. The molecule has 0 amide bonds. The molecule has 2 heterocycles.